The van der Waals surface area contributed by atoms with E-state index in [1.54, 1.807) is 7.11 Å². The van der Waals surface area contributed by atoms with Gasteiger partial charge < -0.3 is 14.3 Å². The van der Waals surface area contributed by atoms with Gasteiger partial charge in [-0.05, 0) is 47.0 Å². The summed E-state index contributed by atoms with van der Waals surface area (Å²) in [5.74, 6) is 1.35. The largest absolute Gasteiger partial charge is 0.497 e. The molecule has 3 aromatic rings. The van der Waals surface area contributed by atoms with Gasteiger partial charge in [-0.25, -0.2) is 0 Å². The van der Waals surface area contributed by atoms with E-state index in [-0.39, 0.29) is 12.1 Å². The fourth-order valence-electron chi connectivity index (χ4n) is 3.09. The van der Waals surface area contributed by atoms with Crippen molar-refractivity contribution in [3.05, 3.63) is 72.3 Å². The van der Waals surface area contributed by atoms with Gasteiger partial charge in [0.15, 0.2) is 0 Å². The molecule has 0 saturated heterocycles. The van der Waals surface area contributed by atoms with Crippen LogP contribution in [0.5, 0.6) is 11.5 Å². The Hall–Kier alpha value is -3.05. The van der Waals surface area contributed by atoms with Crippen molar-refractivity contribution in [3.8, 4) is 11.5 Å². The summed E-state index contributed by atoms with van der Waals surface area (Å²) in [5.41, 5.74) is 3.78. The lowest BCUT2D eigenvalue weighted by Gasteiger charge is -2.20. The quantitative estimate of drug-likeness (QED) is 0.379. The molecule has 1 unspecified atom stereocenters. The van der Waals surface area contributed by atoms with Crippen molar-refractivity contribution < 1.29 is 19.1 Å². The Kier molecular flexibility index (Phi) is 7.47. The van der Waals surface area contributed by atoms with Crippen molar-refractivity contribution >= 4 is 16.7 Å². The van der Waals surface area contributed by atoms with Crippen LogP contribution in [-0.4, -0.2) is 19.6 Å². The van der Waals surface area contributed by atoms with Crippen LogP contribution in [0, 0.1) is 0 Å². The first-order valence-corrected chi connectivity index (χ1v) is 9.91. The van der Waals surface area contributed by atoms with Crippen molar-refractivity contribution in [2.75, 3.05) is 13.7 Å². The molecule has 0 aliphatic rings. The van der Waals surface area contributed by atoms with E-state index in [0.29, 0.717) is 19.4 Å². The summed E-state index contributed by atoms with van der Waals surface area (Å²) >= 11 is 0. The molecule has 3 aromatic carbocycles. The first-order valence-electron chi connectivity index (χ1n) is 9.91. The molecule has 0 aromatic heterocycles. The summed E-state index contributed by atoms with van der Waals surface area (Å²) in [6.07, 6.45) is 1.61. The molecule has 5 heteroatoms. The van der Waals surface area contributed by atoms with Gasteiger partial charge in [-0.15, -0.1) is 0 Å². The molecule has 0 bridgehead atoms. The van der Waals surface area contributed by atoms with Gasteiger partial charge in [-0.3, -0.25) is 4.79 Å². The SMILES string of the molecule is CCCC(=O)ONCCC(Oc1ccc2ccccc2c1)c1ccc(OC)cc1. The van der Waals surface area contributed by atoms with Gasteiger partial charge in [0.1, 0.15) is 17.6 Å². The van der Waals surface area contributed by atoms with Crippen LogP contribution in [0.2, 0.25) is 0 Å². The average molecular weight is 393 g/mol. The fraction of sp³-hybridized carbons (Fsp3) is 0.292. The van der Waals surface area contributed by atoms with Gasteiger partial charge in [0.05, 0.1) is 7.11 Å². The molecule has 3 rings (SSSR count). The summed E-state index contributed by atoms with van der Waals surface area (Å²) in [4.78, 5) is 16.6. The van der Waals surface area contributed by atoms with Gasteiger partial charge in [-0.2, -0.15) is 5.48 Å². The van der Waals surface area contributed by atoms with Gasteiger partial charge in [-0.1, -0.05) is 49.4 Å². The molecular weight excluding hydrogens is 366 g/mol. The Balaban J connectivity index is 1.71. The Bertz CT molecular complexity index is 924. The average Bonchev–Trinajstić information content (AvgIpc) is 2.76. The number of fused-ring (bicyclic) bond motifs is 1. The monoisotopic (exact) mass is 393 g/mol. The maximum atomic E-state index is 11.5. The first kappa shape index (κ1) is 20.7. The third-order valence-electron chi connectivity index (χ3n) is 4.64. The molecule has 1 N–H and O–H groups in total. The van der Waals surface area contributed by atoms with Gasteiger partial charge in [0, 0.05) is 19.4 Å². The minimum absolute atomic E-state index is 0.195. The van der Waals surface area contributed by atoms with Crippen LogP contribution in [0.25, 0.3) is 10.8 Å². The lowest BCUT2D eigenvalue weighted by molar-refractivity contribution is -0.151. The van der Waals surface area contributed by atoms with E-state index in [9.17, 15) is 4.79 Å². The molecule has 1 atom stereocenters. The van der Waals surface area contributed by atoms with Crippen LogP contribution in [0.15, 0.2) is 66.7 Å². The van der Waals surface area contributed by atoms with Crippen LogP contribution in [0.1, 0.15) is 37.9 Å². The van der Waals surface area contributed by atoms with Gasteiger partial charge in [0.2, 0.25) is 0 Å². The predicted molar refractivity (Wildman–Crippen MR) is 114 cm³/mol. The molecular formula is C24H27NO4. The third kappa shape index (κ3) is 5.96. The summed E-state index contributed by atoms with van der Waals surface area (Å²) < 4.78 is 11.6. The van der Waals surface area contributed by atoms with Crippen LogP contribution in [-0.2, 0) is 9.63 Å². The van der Waals surface area contributed by atoms with E-state index < -0.39 is 0 Å². The number of nitrogens with one attached hydrogen (secondary N) is 1. The molecule has 0 aliphatic carbocycles. The van der Waals surface area contributed by atoms with E-state index in [1.807, 2.05) is 55.5 Å². The highest BCUT2D eigenvalue weighted by Gasteiger charge is 2.15. The molecule has 0 aliphatic heterocycles. The van der Waals surface area contributed by atoms with Gasteiger partial charge >= 0.3 is 5.97 Å². The van der Waals surface area contributed by atoms with E-state index >= 15 is 0 Å². The zero-order valence-electron chi connectivity index (χ0n) is 16.9. The molecule has 29 heavy (non-hydrogen) atoms. The number of hydrogen-bond acceptors (Lipinski definition) is 5. The number of benzene rings is 3. The summed E-state index contributed by atoms with van der Waals surface area (Å²) in [6, 6.07) is 22.1. The topological polar surface area (TPSA) is 56.8 Å². The van der Waals surface area contributed by atoms with E-state index in [1.165, 1.54) is 5.39 Å². The molecule has 0 amide bonds. The van der Waals surface area contributed by atoms with Crippen molar-refractivity contribution in [2.24, 2.45) is 0 Å². The predicted octanol–water partition coefficient (Wildman–Crippen LogP) is 5.21. The highest BCUT2D eigenvalue weighted by atomic mass is 16.7. The Morgan fingerprint density at radius 3 is 2.41 bits per heavy atom. The molecule has 152 valence electrons. The molecule has 0 heterocycles. The summed E-state index contributed by atoms with van der Waals surface area (Å²) in [6.45, 7) is 2.43. The van der Waals surface area contributed by atoms with Crippen molar-refractivity contribution in [3.63, 3.8) is 0 Å². The maximum Gasteiger partial charge on any atom is 0.324 e. The standard InChI is InChI=1S/C24H27NO4/c1-3-6-24(26)29-25-16-15-23(19-10-12-21(27-2)13-11-19)28-22-14-9-18-7-4-5-8-20(18)17-22/h4-5,7-14,17,23,25H,3,6,15-16H2,1-2H3. The molecule has 0 saturated carbocycles. The number of ether oxygens (including phenoxy) is 2. The smallest absolute Gasteiger partial charge is 0.324 e. The maximum absolute atomic E-state index is 11.5. The molecule has 0 radical (unpaired) electrons. The Labute approximate surface area is 171 Å². The minimum Gasteiger partial charge on any atom is -0.497 e. The zero-order valence-corrected chi connectivity index (χ0v) is 16.9. The second-order valence-electron chi connectivity index (χ2n) is 6.80. The second-order valence-corrected chi connectivity index (χ2v) is 6.80. The Morgan fingerprint density at radius 2 is 1.69 bits per heavy atom. The normalized spacial score (nSPS) is 11.8. The minimum atomic E-state index is -0.246. The van der Waals surface area contributed by atoms with Crippen LogP contribution >= 0.6 is 0 Å². The molecule has 0 spiro atoms. The number of methoxy groups -OCH3 is 1. The zero-order chi connectivity index (χ0) is 20.5. The van der Waals surface area contributed by atoms with E-state index in [4.69, 9.17) is 14.3 Å². The van der Waals surface area contributed by atoms with E-state index in [0.717, 1.165) is 28.9 Å². The summed E-state index contributed by atoms with van der Waals surface area (Å²) in [5, 5.41) is 2.30. The van der Waals surface area contributed by atoms with Crippen LogP contribution in [0.3, 0.4) is 0 Å². The lowest BCUT2D eigenvalue weighted by atomic mass is 10.1. The van der Waals surface area contributed by atoms with Crippen molar-refractivity contribution in [1.29, 1.82) is 0 Å². The van der Waals surface area contributed by atoms with Crippen LogP contribution in [0.4, 0.5) is 0 Å². The number of rotatable bonds is 10. The third-order valence-corrected chi connectivity index (χ3v) is 4.64. The van der Waals surface area contributed by atoms with Gasteiger partial charge in [0.25, 0.3) is 0 Å². The number of carbonyl (C=O) groups excluding carboxylic acids is 1. The molecule has 0 fully saturated rings. The second kappa shape index (κ2) is 10.5. The fourth-order valence-corrected chi connectivity index (χ4v) is 3.09. The molecule has 5 nitrogen and oxygen atoms in total. The van der Waals surface area contributed by atoms with E-state index in [2.05, 4.69) is 23.7 Å². The first-order chi connectivity index (χ1) is 14.2. The highest BCUT2D eigenvalue weighted by Crippen LogP contribution is 2.28. The number of carbonyl (C=O) groups is 1. The number of hydroxylamine groups is 1. The van der Waals surface area contributed by atoms with Crippen molar-refractivity contribution in [2.45, 2.75) is 32.3 Å². The lowest BCUT2D eigenvalue weighted by Crippen LogP contribution is -2.23. The highest BCUT2D eigenvalue weighted by molar-refractivity contribution is 5.83. The Morgan fingerprint density at radius 1 is 0.966 bits per heavy atom. The van der Waals surface area contributed by atoms with Crippen LogP contribution < -0.4 is 15.0 Å². The number of hydrogen-bond donors (Lipinski definition) is 1. The van der Waals surface area contributed by atoms with Crippen molar-refractivity contribution in [1.82, 2.24) is 5.48 Å². The summed E-state index contributed by atoms with van der Waals surface area (Å²) in [7, 11) is 1.65.